The van der Waals surface area contributed by atoms with Gasteiger partial charge < -0.3 is 15.2 Å². The average molecular weight is 289 g/mol. The topological polar surface area (TPSA) is 130 Å². The summed E-state index contributed by atoms with van der Waals surface area (Å²) in [6, 6.07) is 5.33. The number of nitrogen functional groups attached to an aromatic ring is 1. The van der Waals surface area contributed by atoms with Crippen LogP contribution in [-0.2, 0) is 11.3 Å². The van der Waals surface area contributed by atoms with Crippen molar-refractivity contribution in [3.05, 3.63) is 23.8 Å². The Balaban J connectivity index is 1.55. The van der Waals surface area contributed by atoms with Crippen molar-refractivity contribution in [3.63, 3.8) is 0 Å². The minimum absolute atomic E-state index is 0.00617. The molecular formula is C11H11N7O3. The Hall–Kier alpha value is -3.17. The van der Waals surface area contributed by atoms with E-state index in [1.807, 2.05) is 0 Å². The first-order valence-electron chi connectivity index (χ1n) is 5.95. The van der Waals surface area contributed by atoms with Crippen molar-refractivity contribution in [1.29, 1.82) is 0 Å². The number of ether oxygens (including phenoxy) is 2. The maximum Gasteiger partial charge on any atom is 0.263 e. The van der Waals surface area contributed by atoms with Crippen LogP contribution in [-0.4, -0.2) is 39.1 Å². The van der Waals surface area contributed by atoms with Gasteiger partial charge in [-0.25, -0.2) is 5.43 Å². The maximum atomic E-state index is 11.6. The van der Waals surface area contributed by atoms with Gasteiger partial charge in [0.15, 0.2) is 11.5 Å². The highest BCUT2D eigenvalue weighted by molar-refractivity contribution is 5.83. The van der Waals surface area contributed by atoms with Gasteiger partial charge in [-0.1, -0.05) is 5.10 Å². The van der Waals surface area contributed by atoms with Crippen molar-refractivity contribution in [3.8, 4) is 11.5 Å². The molecule has 10 nitrogen and oxygen atoms in total. The van der Waals surface area contributed by atoms with Crippen LogP contribution in [0.2, 0.25) is 0 Å². The third-order valence-electron chi connectivity index (χ3n) is 2.55. The van der Waals surface area contributed by atoms with Crippen molar-refractivity contribution in [2.45, 2.75) is 6.54 Å². The van der Waals surface area contributed by atoms with Crippen molar-refractivity contribution in [2.75, 3.05) is 12.5 Å². The third-order valence-corrected chi connectivity index (χ3v) is 2.55. The quantitative estimate of drug-likeness (QED) is 0.553. The molecule has 0 saturated carbocycles. The van der Waals surface area contributed by atoms with E-state index in [-0.39, 0.29) is 19.3 Å². The lowest BCUT2D eigenvalue weighted by Gasteiger charge is -1.99. The number of hydrogen-bond donors (Lipinski definition) is 2. The Kier molecular flexibility index (Phi) is 3.33. The average Bonchev–Trinajstić information content (AvgIpc) is 3.07. The van der Waals surface area contributed by atoms with Gasteiger partial charge in [0.25, 0.3) is 11.9 Å². The second-order valence-corrected chi connectivity index (χ2v) is 4.08. The first-order chi connectivity index (χ1) is 10.2. The van der Waals surface area contributed by atoms with Crippen LogP contribution in [0.3, 0.4) is 0 Å². The molecule has 0 bridgehead atoms. The van der Waals surface area contributed by atoms with Gasteiger partial charge in [0.2, 0.25) is 6.79 Å². The summed E-state index contributed by atoms with van der Waals surface area (Å²) >= 11 is 0. The van der Waals surface area contributed by atoms with Gasteiger partial charge in [0.1, 0.15) is 6.54 Å². The van der Waals surface area contributed by atoms with Crippen LogP contribution in [0.15, 0.2) is 23.3 Å². The molecule has 1 aromatic heterocycles. The van der Waals surface area contributed by atoms with Gasteiger partial charge in [-0.15, -0.1) is 5.10 Å². The first-order valence-corrected chi connectivity index (χ1v) is 5.95. The number of amides is 1. The second-order valence-electron chi connectivity index (χ2n) is 4.08. The summed E-state index contributed by atoms with van der Waals surface area (Å²) in [5, 5.41) is 14.5. The highest BCUT2D eigenvalue weighted by Gasteiger charge is 2.12. The predicted octanol–water partition coefficient (Wildman–Crippen LogP) is -0.866. The van der Waals surface area contributed by atoms with Crippen LogP contribution in [0.25, 0.3) is 0 Å². The summed E-state index contributed by atoms with van der Waals surface area (Å²) in [4.78, 5) is 12.6. The highest BCUT2D eigenvalue weighted by Crippen LogP contribution is 2.31. The third kappa shape index (κ3) is 3.05. The number of anilines is 1. The van der Waals surface area contributed by atoms with Gasteiger partial charge in [-0.05, 0) is 29.0 Å². The van der Waals surface area contributed by atoms with Crippen molar-refractivity contribution < 1.29 is 14.3 Å². The number of carbonyl (C=O) groups is 1. The molecule has 10 heteroatoms. The molecule has 2 aromatic rings. The smallest absolute Gasteiger partial charge is 0.263 e. The number of tetrazole rings is 1. The zero-order valence-corrected chi connectivity index (χ0v) is 10.8. The Morgan fingerprint density at radius 1 is 1.48 bits per heavy atom. The number of carbonyl (C=O) groups excluding carboxylic acids is 1. The van der Waals surface area contributed by atoms with Crippen molar-refractivity contribution in [1.82, 2.24) is 25.6 Å². The van der Waals surface area contributed by atoms with E-state index in [1.54, 1.807) is 18.2 Å². The number of hydrazone groups is 1. The molecular weight excluding hydrogens is 278 g/mol. The summed E-state index contributed by atoms with van der Waals surface area (Å²) in [6.07, 6.45) is 1.49. The Morgan fingerprint density at radius 2 is 2.33 bits per heavy atom. The Bertz CT molecular complexity index is 697. The van der Waals surface area contributed by atoms with Gasteiger partial charge in [0, 0.05) is 0 Å². The number of nitrogens with one attached hydrogen (secondary N) is 1. The standard InChI is InChI=1S/C11H11N7O3/c12-11-15-17-18(16-11)5-10(19)14-13-4-7-1-2-8-9(3-7)21-6-20-8/h1-4H,5-6H2,(H2,12,16)(H,14,19)/b13-4-. The Morgan fingerprint density at radius 3 is 3.14 bits per heavy atom. The maximum absolute atomic E-state index is 11.6. The molecule has 1 aliphatic rings. The fourth-order valence-electron chi connectivity index (χ4n) is 1.66. The molecule has 3 N–H and O–H groups in total. The van der Waals surface area contributed by atoms with Gasteiger partial charge in [0.05, 0.1) is 6.21 Å². The van der Waals surface area contributed by atoms with Crippen LogP contribution in [0.4, 0.5) is 5.95 Å². The largest absolute Gasteiger partial charge is 0.454 e. The van der Waals surface area contributed by atoms with E-state index in [4.69, 9.17) is 15.2 Å². The number of rotatable bonds is 4. The molecule has 0 spiro atoms. The first kappa shape index (κ1) is 12.8. The molecule has 1 amide bonds. The van der Waals surface area contributed by atoms with Gasteiger partial charge >= 0.3 is 0 Å². The van der Waals surface area contributed by atoms with E-state index < -0.39 is 5.91 Å². The normalized spacial score (nSPS) is 12.8. The van der Waals surface area contributed by atoms with E-state index in [1.165, 1.54) is 6.21 Å². The van der Waals surface area contributed by atoms with E-state index >= 15 is 0 Å². The predicted molar refractivity (Wildman–Crippen MR) is 70.5 cm³/mol. The van der Waals surface area contributed by atoms with Gasteiger partial charge in [-0.3, -0.25) is 4.79 Å². The molecule has 1 aliphatic heterocycles. The molecule has 0 fully saturated rings. The molecule has 0 saturated heterocycles. The number of hydrogen-bond acceptors (Lipinski definition) is 8. The fraction of sp³-hybridized carbons (Fsp3) is 0.182. The van der Waals surface area contributed by atoms with Gasteiger partial charge in [-0.2, -0.15) is 9.90 Å². The van der Waals surface area contributed by atoms with Crippen LogP contribution < -0.4 is 20.6 Å². The number of benzene rings is 1. The monoisotopic (exact) mass is 289 g/mol. The number of nitrogens with zero attached hydrogens (tertiary/aromatic N) is 5. The molecule has 108 valence electrons. The van der Waals surface area contributed by atoms with Crippen molar-refractivity contribution in [2.24, 2.45) is 5.10 Å². The molecule has 21 heavy (non-hydrogen) atoms. The number of fused-ring (bicyclic) bond motifs is 1. The summed E-state index contributed by atoms with van der Waals surface area (Å²) in [6.45, 7) is 0.0867. The zero-order chi connectivity index (χ0) is 14.7. The van der Waals surface area contributed by atoms with Crippen LogP contribution in [0.5, 0.6) is 11.5 Å². The van der Waals surface area contributed by atoms with E-state index in [2.05, 4.69) is 25.9 Å². The van der Waals surface area contributed by atoms with E-state index in [0.29, 0.717) is 11.5 Å². The molecule has 3 rings (SSSR count). The summed E-state index contributed by atoms with van der Waals surface area (Å²) in [7, 11) is 0. The lowest BCUT2D eigenvalue weighted by atomic mass is 10.2. The van der Waals surface area contributed by atoms with Crippen LogP contribution in [0.1, 0.15) is 5.56 Å². The highest BCUT2D eigenvalue weighted by atomic mass is 16.7. The summed E-state index contributed by atoms with van der Waals surface area (Å²) in [5.41, 5.74) is 8.40. The van der Waals surface area contributed by atoms with E-state index in [0.717, 1.165) is 10.4 Å². The minimum Gasteiger partial charge on any atom is -0.454 e. The molecule has 0 unspecified atom stereocenters. The second kappa shape index (κ2) is 5.45. The molecule has 0 aliphatic carbocycles. The molecule has 0 atom stereocenters. The van der Waals surface area contributed by atoms with Crippen LogP contribution >= 0.6 is 0 Å². The number of aromatic nitrogens is 4. The lowest BCUT2D eigenvalue weighted by molar-refractivity contribution is -0.122. The molecule has 0 radical (unpaired) electrons. The Labute approximate surface area is 118 Å². The molecule has 1 aromatic carbocycles. The van der Waals surface area contributed by atoms with Crippen molar-refractivity contribution >= 4 is 18.1 Å². The zero-order valence-electron chi connectivity index (χ0n) is 10.8. The summed E-state index contributed by atoms with van der Waals surface area (Å²) in [5.74, 6) is 0.939. The summed E-state index contributed by atoms with van der Waals surface area (Å²) < 4.78 is 10.4. The fourth-order valence-corrected chi connectivity index (χ4v) is 1.66. The van der Waals surface area contributed by atoms with Crippen LogP contribution in [0, 0.1) is 0 Å². The minimum atomic E-state index is -0.399. The lowest BCUT2D eigenvalue weighted by Crippen LogP contribution is -2.24. The van der Waals surface area contributed by atoms with E-state index in [9.17, 15) is 4.79 Å². The molecule has 2 heterocycles. The SMILES string of the molecule is Nc1nnn(CC(=O)N/N=C\c2ccc3c(c2)OCO3)n1. The number of nitrogens with two attached hydrogens (primary N) is 1.